The number of hydrogen-bond donors (Lipinski definition) is 3. The lowest BCUT2D eigenvalue weighted by atomic mass is 9.90. The van der Waals surface area contributed by atoms with Crippen molar-refractivity contribution in [1.29, 1.82) is 0 Å². The minimum atomic E-state index is -1.07. The summed E-state index contributed by atoms with van der Waals surface area (Å²) < 4.78 is 5.75. The van der Waals surface area contributed by atoms with Crippen LogP contribution in [-0.4, -0.2) is 34.7 Å². The van der Waals surface area contributed by atoms with Gasteiger partial charge in [-0.15, -0.1) is 0 Å². The minimum absolute atomic E-state index is 0.0941. The van der Waals surface area contributed by atoms with Crippen molar-refractivity contribution in [2.75, 3.05) is 6.54 Å². The average Bonchev–Trinajstić information content (AvgIpc) is 3.11. The van der Waals surface area contributed by atoms with E-state index in [1.165, 1.54) is 12.1 Å². The summed E-state index contributed by atoms with van der Waals surface area (Å²) in [6.45, 7) is 0.897. The first-order chi connectivity index (χ1) is 12.0. The fourth-order valence-electron chi connectivity index (χ4n) is 3.11. The van der Waals surface area contributed by atoms with Crippen LogP contribution >= 0.6 is 0 Å². The van der Waals surface area contributed by atoms with Crippen molar-refractivity contribution in [1.82, 2.24) is 5.32 Å². The molecular formula is C19H19NO5. The number of ether oxygens (including phenoxy) is 1. The first-order valence-corrected chi connectivity index (χ1v) is 8.06. The van der Waals surface area contributed by atoms with Crippen molar-refractivity contribution in [3.05, 3.63) is 65.2 Å². The van der Waals surface area contributed by atoms with Crippen LogP contribution in [0, 0.1) is 0 Å². The van der Waals surface area contributed by atoms with Gasteiger partial charge in [0.1, 0.15) is 18.4 Å². The lowest BCUT2D eigenvalue weighted by Gasteiger charge is -2.18. The molecule has 1 heterocycles. The van der Waals surface area contributed by atoms with Gasteiger partial charge in [0, 0.05) is 5.92 Å². The van der Waals surface area contributed by atoms with E-state index in [0.717, 1.165) is 5.56 Å². The summed E-state index contributed by atoms with van der Waals surface area (Å²) in [4.78, 5) is 22.8. The molecule has 1 saturated heterocycles. The first kappa shape index (κ1) is 17.0. The molecule has 6 nitrogen and oxygen atoms in total. The highest BCUT2D eigenvalue weighted by atomic mass is 16.5. The van der Waals surface area contributed by atoms with Gasteiger partial charge in [0.15, 0.2) is 0 Å². The largest absolute Gasteiger partial charge is 0.489 e. The number of aliphatic carboxylic acids is 1. The summed E-state index contributed by atoms with van der Waals surface area (Å²) >= 11 is 0. The molecule has 0 spiro atoms. The van der Waals surface area contributed by atoms with Crippen LogP contribution in [-0.2, 0) is 11.4 Å². The SMILES string of the molecule is O=C(O)c1cc(OCc2ccccc2)cc(C2CCNC2C(=O)O)c1. The van der Waals surface area contributed by atoms with E-state index in [9.17, 15) is 19.8 Å². The van der Waals surface area contributed by atoms with E-state index in [1.54, 1.807) is 6.07 Å². The molecule has 0 bridgehead atoms. The Morgan fingerprint density at radius 2 is 1.88 bits per heavy atom. The standard InChI is InChI=1S/C19H19NO5/c21-18(22)14-8-13(16-6-7-20-17(16)19(23)24)9-15(10-14)25-11-12-4-2-1-3-5-12/h1-5,8-10,16-17,20H,6-7,11H2,(H,21,22)(H,23,24). The molecule has 0 saturated carbocycles. The Labute approximate surface area is 145 Å². The van der Waals surface area contributed by atoms with E-state index in [2.05, 4.69) is 5.32 Å². The summed E-state index contributed by atoms with van der Waals surface area (Å²) in [6.07, 6.45) is 0.637. The Bertz CT molecular complexity index is 775. The molecular weight excluding hydrogens is 322 g/mol. The van der Waals surface area contributed by atoms with Gasteiger partial charge in [-0.2, -0.15) is 0 Å². The Balaban J connectivity index is 1.87. The third kappa shape index (κ3) is 3.97. The number of nitrogens with one attached hydrogen (secondary N) is 1. The van der Waals surface area contributed by atoms with Crippen LogP contribution in [0.25, 0.3) is 0 Å². The Morgan fingerprint density at radius 1 is 1.12 bits per heavy atom. The highest BCUT2D eigenvalue weighted by Crippen LogP contribution is 2.31. The molecule has 130 valence electrons. The van der Waals surface area contributed by atoms with Crippen LogP contribution < -0.4 is 10.1 Å². The molecule has 25 heavy (non-hydrogen) atoms. The molecule has 2 atom stereocenters. The third-order valence-electron chi connectivity index (χ3n) is 4.34. The summed E-state index contributed by atoms with van der Waals surface area (Å²) in [5.74, 6) is -1.86. The molecule has 2 aromatic rings. The Morgan fingerprint density at radius 3 is 2.56 bits per heavy atom. The van der Waals surface area contributed by atoms with Gasteiger partial charge >= 0.3 is 11.9 Å². The maximum absolute atomic E-state index is 11.4. The van der Waals surface area contributed by atoms with Gasteiger partial charge in [0.25, 0.3) is 0 Å². The summed E-state index contributed by atoms with van der Waals surface area (Å²) in [7, 11) is 0. The number of benzene rings is 2. The smallest absolute Gasteiger partial charge is 0.335 e. The van der Waals surface area contributed by atoms with E-state index >= 15 is 0 Å². The van der Waals surface area contributed by atoms with E-state index in [-0.39, 0.29) is 11.5 Å². The molecule has 0 amide bonds. The average molecular weight is 341 g/mol. The number of carbonyl (C=O) groups is 2. The molecule has 0 aliphatic carbocycles. The van der Waals surface area contributed by atoms with Gasteiger partial charge in [0.2, 0.25) is 0 Å². The molecule has 1 fully saturated rings. The van der Waals surface area contributed by atoms with Crippen molar-refractivity contribution in [3.63, 3.8) is 0 Å². The van der Waals surface area contributed by atoms with Gasteiger partial charge in [-0.1, -0.05) is 30.3 Å². The van der Waals surface area contributed by atoms with Crippen LogP contribution in [0.1, 0.15) is 33.8 Å². The number of aromatic carboxylic acids is 1. The fourth-order valence-corrected chi connectivity index (χ4v) is 3.11. The zero-order chi connectivity index (χ0) is 17.8. The van der Waals surface area contributed by atoms with Crippen LogP contribution in [0.5, 0.6) is 5.75 Å². The molecule has 2 unspecified atom stereocenters. The van der Waals surface area contributed by atoms with E-state index in [4.69, 9.17) is 4.74 Å². The van der Waals surface area contributed by atoms with Crippen LogP contribution in [0.2, 0.25) is 0 Å². The van der Waals surface area contributed by atoms with Gasteiger partial charge in [-0.05, 0) is 42.3 Å². The van der Waals surface area contributed by atoms with E-state index in [1.807, 2.05) is 30.3 Å². The summed E-state index contributed by atoms with van der Waals surface area (Å²) in [6, 6.07) is 13.6. The topological polar surface area (TPSA) is 95.9 Å². The normalized spacial score (nSPS) is 19.5. The highest BCUT2D eigenvalue weighted by molar-refractivity contribution is 5.88. The van der Waals surface area contributed by atoms with E-state index in [0.29, 0.717) is 30.9 Å². The summed E-state index contributed by atoms with van der Waals surface area (Å²) in [5, 5.41) is 21.6. The number of carboxylic acid groups (broad SMARTS) is 2. The van der Waals surface area contributed by atoms with E-state index < -0.39 is 18.0 Å². The van der Waals surface area contributed by atoms with Gasteiger partial charge in [0.05, 0.1) is 5.56 Å². The van der Waals surface area contributed by atoms with Crippen LogP contribution in [0.4, 0.5) is 0 Å². The van der Waals surface area contributed by atoms with Gasteiger partial charge in [-0.3, -0.25) is 4.79 Å². The fraction of sp³-hybridized carbons (Fsp3) is 0.263. The first-order valence-electron chi connectivity index (χ1n) is 8.06. The zero-order valence-electron chi connectivity index (χ0n) is 13.5. The maximum atomic E-state index is 11.4. The second kappa shape index (κ2) is 7.36. The summed E-state index contributed by atoms with van der Waals surface area (Å²) in [5.41, 5.74) is 1.73. The molecule has 2 aromatic carbocycles. The molecule has 0 aromatic heterocycles. The van der Waals surface area contributed by atoms with Crippen molar-refractivity contribution in [2.45, 2.75) is 25.0 Å². The molecule has 6 heteroatoms. The molecule has 1 aliphatic heterocycles. The number of hydrogen-bond acceptors (Lipinski definition) is 4. The number of rotatable bonds is 6. The highest BCUT2D eigenvalue weighted by Gasteiger charge is 2.34. The second-order valence-electron chi connectivity index (χ2n) is 6.04. The van der Waals surface area contributed by atoms with Gasteiger partial charge < -0.3 is 20.3 Å². The maximum Gasteiger partial charge on any atom is 0.335 e. The lowest BCUT2D eigenvalue weighted by Crippen LogP contribution is -2.34. The Kier molecular flexibility index (Phi) is 5.00. The molecule has 0 radical (unpaired) electrons. The predicted octanol–water partition coefficient (Wildman–Crippen LogP) is 2.49. The third-order valence-corrected chi connectivity index (χ3v) is 4.34. The minimum Gasteiger partial charge on any atom is -0.489 e. The molecule has 1 aliphatic rings. The molecule has 3 rings (SSSR count). The van der Waals surface area contributed by atoms with Crippen molar-refractivity contribution < 1.29 is 24.5 Å². The van der Waals surface area contributed by atoms with Gasteiger partial charge in [-0.25, -0.2) is 4.79 Å². The van der Waals surface area contributed by atoms with Crippen molar-refractivity contribution >= 4 is 11.9 Å². The van der Waals surface area contributed by atoms with Crippen molar-refractivity contribution in [2.24, 2.45) is 0 Å². The van der Waals surface area contributed by atoms with Crippen molar-refractivity contribution in [3.8, 4) is 5.75 Å². The van der Waals surface area contributed by atoms with Crippen LogP contribution in [0.15, 0.2) is 48.5 Å². The Hall–Kier alpha value is -2.86. The monoisotopic (exact) mass is 341 g/mol. The second-order valence-corrected chi connectivity index (χ2v) is 6.04. The predicted molar refractivity (Wildman–Crippen MR) is 91.0 cm³/mol. The quantitative estimate of drug-likeness (QED) is 0.747. The van der Waals surface area contributed by atoms with Crippen LogP contribution in [0.3, 0.4) is 0 Å². The number of carboxylic acids is 2. The zero-order valence-corrected chi connectivity index (χ0v) is 13.5. The lowest BCUT2D eigenvalue weighted by molar-refractivity contribution is -0.139. The molecule has 3 N–H and O–H groups in total.